The number of nitrogens with zero attached hydrogens (tertiary/aromatic N) is 1. The van der Waals surface area contributed by atoms with Crippen molar-refractivity contribution < 1.29 is 19.4 Å². The Kier molecular flexibility index (Phi) is 7.31. The van der Waals surface area contributed by atoms with E-state index in [9.17, 15) is 9.59 Å². The monoisotopic (exact) mass is 280 g/mol. The summed E-state index contributed by atoms with van der Waals surface area (Å²) < 4.78 is 4.96. The zero-order chi connectivity index (χ0) is 14.8. The van der Waals surface area contributed by atoms with Gasteiger partial charge in [0.05, 0.1) is 19.6 Å². The number of carboxylic acid groups (broad SMARTS) is 1. The zero-order valence-corrected chi connectivity index (χ0v) is 11.5. The van der Waals surface area contributed by atoms with E-state index in [1.807, 2.05) is 18.2 Å². The number of hydrogen-bond acceptors (Lipinski definition) is 4. The number of rotatable bonds is 9. The number of carbonyl (C=O) groups is 2. The zero-order valence-electron chi connectivity index (χ0n) is 11.5. The first-order valence-electron chi connectivity index (χ1n) is 6.40. The first-order valence-corrected chi connectivity index (χ1v) is 6.40. The quantitative estimate of drug-likeness (QED) is 0.707. The Hall–Kier alpha value is -1.92. The van der Waals surface area contributed by atoms with Crippen LogP contribution in [0, 0.1) is 0 Å². The maximum Gasteiger partial charge on any atom is 0.304 e. The van der Waals surface area contributed by atoms with Crippen molar-refractivity contribution in [2.75, 3.05) is 38.7 Å². The number of amides is 1. The van der Waals surface area contributed by atoms with Gasteiger partial charge in [-0.25, -0.2) is 0 Å². The molecule has 6 nitrogen and oxygen atoms in total. The summed E-state index contributed by atoms with van der Waals surface area (Å²) in [5.74, 6) is -1.05. The van der Waals surface area contributed by atoms with Crippen molar-refractivity contribution in [1.29, 1.82) is 0 Å². The van der Waals surface area contributed by atoms with E-state index in [2.05, 4.69) is 5.32 Å². The minimum absolute atomic E-state index is 0.00231. The Labute approximate surface area is 118 Å². The predicted molar refractivity (Wildman–Crippen MR) is 75.6 cm³/mol. The maximum absolute atomic E-state index is 11.9. The van der Waals surface area contributed by atoms with Gasteiger partial charge in [0.25, 0.3) is 0 Å². The topological polar surface area (TPSA) is 78.9 Å². The number of hydrogen-bond donors (Lipinski definition) is 2. The van der Waals surface area contributed by atoms with Crippen molar-refractivity contribution in [3.8, 4) is 0 Å². The molecule has 1 aromatic carbocycles. The molecule has 6 heteroatoms. The number of benzene rings is 1. The first kappa shape index (κ1) is 16.1. The number of para-hydroxylation sites is 1. The van der Waals surface area contributed by atoms with E-state index in [-0.39, 0.29) is 18.9 Å². The molecule has 0 saturated heterocycles. The molecule has 0 aromatic heterocycles. The van der Waals surface area contributed by atoms with E-state index in [1.54, 1.807) is 24.1 Å². The molecule has 0 radical (unpaired) electrons. The van der Waals surface area contributed by atoms with Crippen LogP contribution in [0.5, 0.6) is 0 Å². The summed E-state index contributed by atoms with van der Waals surface area (Å²) in [5, 5.41) is 11.5. The Morgan fingerprint density at radius 2 is 1.95 bits per heavy atom. The van der Waals surface area contributed by atoms with Gasteiger partial charge in [-0.05, 0) is 12.1 Å². The fraction of sp³-hybridized carbons (Fsp3) is 0.429. The van der Waals surface area contributed by atoms with Crippen LogP contribution in [0.2, 0.25) is 0 Å². The summed E-state index contributed by atoms with van der Waals surface area (Å²) in [7, 11) is 1.57. The van der Waals surface area contributed by atoms with Gasteiger partial charge >= 0.3 is 5.97 Å². The molecule has 0 fully saturated rings. The van der Waals surface area contributed by atoms with Gasteiger partial charge in [-0.1, -0.05) is 18.2 Å². The van der Waals surface area contributed by atoms with Gasteiger partial charge in [0.1, 0.15) is 0 Å². The summed E-state index contributed by atoms with van der Waals surface area (Å²) in [6, 6.07) is 9.14. The molecular formula is C14H20N2O4. The summed E-state index contributed by atoms with van der Waals surface area (Å²) in [4.78, 5) is 24.2. The number of carbonyl (C=O) groups excluding carboxylic acids is 1. The molecule has 110 valence electrons. The highest BCUT2D eigenvalue weighted by atomic mass is 16.5. The molecule has 0 aliphatic heterocycles. The Bertz CT molecular complexity index is 422. The molecule has 0 bridgehead atoms. The number of carboxylic acids is 1. The molecule has 0 spiro atoms. The lowest BCUT2D eigenvalue weighted by molar-refractivity contribution is -0.137. The van der Waals surface area contributed by atoms with Crippen LogP contribution in [0.1, 0.15) is 6.42 Å². The van der Waals surface area contributed by atoms with E-state index < -0.39 is 5.97 Å². The highest BCUT2D eigenvalue weighted by Crippen LogP contribution is 2.05. The molecule has 2 N–H and O–H groups in total. The van der Waals surface area contributed by atoms with Crippen LogP contribution >= 0.6 is 0 Å². The average Bonchev–Trinajstić information content (AvgIpc) is 2.42. The second-order valence-electron chi connectivity index (χ2n) is 4.33. The van der Waals surface area contributed by atoms with Crippen molar-refractivity contribution in [2.24, 2.45) is 0 Å². The lowest BCUT2D eigenvalue weighted by Gasteiger charge is -2.20. The third-order valence-electron chi connectivity index (χ3n) is 2.68. The summed E-state index contributed by atoms with van der Waals surface area (Å²) >= 11 is 0. The average molecular weight is 280 g/mol. The fourth-order valence-corrected chi connectivity index (χ4v) is 1.67. The summed E-state index contributed by atoms with van der Waals surface area (Å²) in [5.41, 5.74) is 0.724. The molecule has 0 unspecified atom stereocenters. The third kappa shape index (κ3) is 6.86. The molecule has 0 aliphatic rings. The Morgan fingerprint density at radius 1 is 1.25 bits per heavy atom. The van der Waals surface area contributed by atoms with Crippen molar-refractivity contribution in [1.82, 2.24) is 4.90 Å². The van der Waals surface area contributed by atoms with Gasteiger partial charge in [-0.15, -0.1) is 0 Å². The van der Waals surface area contributed by atoms with Gasteiger partial charge in [-0.3, -0.25) is 14.5 Å². The van der Waals surface area contributed by atoms with E-state index in [1.165, 1.54) is 0 Å². The van der Waals surface area contributed by atoms with Crippen molar-refractivity contribution >= 4 is 17.6 Å². The molecule has 0 saturated carbocycles. The van der Waals surface area contributed by atoms with E-state index in [4.69, 9.17) is 9.84 Å². The predicted octanol–water partition coefficient (Wildman–Crippen LogP) is 1.05. The SMILES string of the molecule is COCCN(CCC(=O)O)CC(=O)Nc1ccccc1. The molecule has 1 rings (SSSR count). The molecule has 0 atom stereocenters. The lowest BCUT2D eigenvalue weighted by atomic mass is 10.3. The first-order chi connectivity index (χ1) is 9.61. The number of ether oxygens (including phenoxy) is 1. The molecule has 20 heavy (non-hydrogen) atoms. The van der Waals surface area contributed by atoms with Crippen LogP contribution in [-0.4, -0.2) is 55.2 Å². The van der Waals surface area contributed by atoms with Crippen LogP contribution in [0.3, 0.4) is 0 Å². The molecule has 0 aliphatic carbocycles. The standard InChI is InChI=1S/C14H20N2O4/c1-20-10-9-16(8-7-14(18)19)11-13(17)15-12-5-3-2-4-6-12/h2-6H,7-11H2,1H3,(H,15,17)(H,18,19). The summed E-state index contributed by atoms with van der Waals surface area (Å²) in [6.07, 6.45) is 0.00231. The molecule has 0 heterocycles. The van der Waals surface area contributed by atoms with Gasteiger partial charge in [0.15, 0.2) is 0 Å². The van der Waals surface area contributed by atoms with E-state index >= 15 is 0 Å². The highest BCUT2D eigenvalue weighted by molar-refractivity contribution is 5.92. The molecular weight excluding hydrogens is 260 g/mol. The second-order valence-corrected chi connectivity index (χ2v) is 4.33. The second kappa shape index (κ2) is 9.06. The minimum Gasteiger partial charge on any atom is -0.481 e. The van der Waals surface area contributed by atoms with Crippen molar-refractivity contribution in [2.45, 2.75) is 6.42 Å². The molecule has 1 aromatic rings. The Balaban J connectivity index is 2.45. The Morgan fingerprint density at radius 3 is 2.55 bits per heavy atom. The normalized spacial score (nSPS) is 10.5. The fourth-order valence-electron chi connectivity index (χ4n) is 1.67. The van der Waals surface area contributed by atoms with Crippen LogP contribution in [0.4, 0.5) is 5.69 Å². The smallest absolute Gasteiger partial charge is 0.304 e. The molecule has 1 amide bonds. The minimum atomic E-state index is -0.879. The number of nitrogens with one attached hydrogen (secondary N) is 1. The van der Waals surface area contributed by atoms with E-state index in [0.717, 1.165) is 5.69 Å². The van der Waals surface area contributed by atoms with Gasteiger partial charge < -0.3 is 15.2 Å². The number of methoxy groups -OCH3 is 1. The van der Waals surface area contributed by atoms with Crippen LogP contribution in [0.15, 0.2) is 30.3 Å². The lowest BCUT2D eigenvalue weighted by Crippen LogP contribution is -2.36. The number of anilines is 1. The van der Waals surface area contributed by atoms with Gasteiger partial charge in [-0.2, -0.15) is 0 Å². The third-order valence-corrected chi connectivity index (χ3v) is 2.68. The summed E-state index contributed by atoms with van der Waals surface area (Å²) in [6.45, 7) is 1.44. The van der Waals surface area contributed by atoms with Gasteiger partial charge in [0.2, 0.25) is 5.91 Å². The van der Waals surface area contributed by atoms with Crippen molar-refractivity contribution in [3.05, 3.63) is 30.3 Å². The van der Waals surface area contributed by atoms with Crippen LogP contribution in [-0.2, 0) is 14.3 Å². The maximum atomic E-state index is 11.9. The van der Waals surface area contributed by atoms with Gasteiger partial charge in [0, 0.05) is 25.9 Å². The highest BCUT2D eigenvalue weighted by Gasteiger charge is 2.12. The van der Waals surface area contributed by atoms with E-state index in [0.29, 0.717) is 19.7 Å². The number of aliphatic carboxylic acids is 1. The van der Waals surface area contributed by atoms with Crippen molar-refractivity contribution in [3.63, 3.8) is 0 Å². The van der Waals surface area contributed by atoms with Crippen LogP contribution in [0.25, 0.3) is 0 Å². The van der Waals surface area contributed by atoms with Crippen LogP contribution < -0.4 is 5.32 Å². The largest absolute Gasteiger partial charge is 0.481 e.